The van der Waals surface area contributed by atoms with Gasteiger partial charge in [-0.3, -0.25) is 0 Å². The molecule has 1 heterocycles. The molecule has 0 unspecified atom stereocenters. The molecule has 0 aromatic heterocycles. The number of nitriles is 1. The molecule has 2 atom stereocenters. The Hall–Kier alpha value is -0.590. The zero-order valence-corrected chi connectivity index (χ0v) is 6.95. The minimum atomic E-state index is 0.0879. The summed E-state index contributed by atoms with van der Waals surface area (Å²) in [6.07, 6.45) is 1.65. The maximum atomic E-state index is 8.42. The molecule has 62 valence electrons. The van der Waals surface area contributed by atoms with Gasteiger partial charge in [0.2, 0.25) is 0 Å². The van der Waals surface area contributed by atoms with Crippen LogP contribution in [0, 0.1) is 17.2 Å². The molecule has 1 aliphatic rings. The predicted molar refractivity (Wildman–Crippen MR) is 43.8 cm³/mol. The van der Waals surface area contributed by atoms with Crippen molar-refractivity contribution in [2.45, 2.75) is 18.9 Å². The topological polar surface area (TPSA) is 53.0 Å². The molecule has 0 aromatic rings. The minimum Gasteiger partial charge on any atom is -0.326 e. The molecule has 0 aromatic carbocycles. The van der Waals surface area contributed by atoms with E-state index in [1.165, 1.54) is 0 Å². The van der Waals surface area contributed by atoms with Crippen LogP contribution in [0.5, 0.6) is 0 Å². The highest BCUT2D eigenvalue weighted by molar-refractivity contribution is 4.87. The third-order valence-electron chi connectivity index (χ3n) is 2.36. The van der Waals surface area contributed by atoms with Gasteiger partial charge in [0, 0.05) is 12.6 Å². The summed E-state index contributed by atoms with van der Waals surface area (Å²) < 4.78 is 0. The molecular weight excluding hydrogens is 138 g/mol. The predicted octanol–water partition coefficient (Wildman–Crippen LogP) is 0.179. The van der Waals surface area contributed by atoms with Gasteiger partial charge < -0.3 is 10.6 Å². The Morgan fingerprint density at radius 1 is 1.82 bits per heavy atom. The zero-order valence-electron chi connectivity index (χ0n) is 6.95. The summed E-state index contributed by atoms with van der Waals surface area (Å²) in [5.41, 5.74) is 5.80. The van der Waals surface area contributed by atoms with E-state index in [2.05, 4.69) is 18.0 Å². The second-order valence-corrected chi connectivity index (χ2v) is 3.34. The highest BCUT2D eigenvalue weighted by Gasteiger charge is 2.24. The zero-order chi connectivity index (χ0) is 8.27. The van der Waals surface area contributed by atoms with E-state index in [-0.39, 0.29) is 6.04 Å². The van der Waals surface area contributed by atoms with E-state index in [4.69, 9.17) is 11.0 Å². The first-order valence-corrected chi connectivity index (χ1v) is 4.05. The molecule has 1 rings (SSSR count). The van der Waals surface area contributed by atoms with Crippen molar-refractivity contribution in [3.05, 3.63) is 0 Å². The van der Waals surface area contributed by atoms with Crippen LogP contribution >= 0.6 is 0 Å². The Morgan fingerprint density at radius 2 is 2.55 bits per heavy atom. The van der Waals surface area contributed by atoms with Crippen molar-refractivity contribution in [3.63, 3.8) is 0 Å². The first kappa shape index (κ1) is 8.51. The monoisotopic (exact) mass is 153 g/mol. The van der Waals surface area contributed by atoms with Crippen LogP contribution < -0.4 is 5.73 Å². The summed E-state index contributed by atoms with van der Waals surface area (Å²) in [4.78, 5) is 2.27. The SMILES string of the molecule is CN1CC[C@@H]([C@@H](N)CC#N)C1. The van der Waals surface area contributed by atoms with E-state index < -0.39 is 0 Å². The molecule has 0 bridgehead atoms. The molecule has 0 spiro atoms. The average molecular weight is 153 g/mol. The minimum absolute atomic E-state index is 0.0879. The lowest BCUT2D eigenvalue weighted by Gasteiger charge is -2.15. The van der Waals surface area contributed by atoms with Gasteiger partial charge in [-0.15, -0.1) is 0 Å². The smallest absolute Gasteiger partial charge is 0.0638 e. The van der Waals surface area contributed by atoms with E-state index in [0.717, 1.165) is 19.5 Å². The van der Waals surface area contributed by atoms with E-state index in [1.54, 1.807) is 0 Å². The summed E-state index contributed by atoms with van der Waals surface area (Å²) in [5, 5.41) is 8.42. The van der Waals surface area contributed by atoms with Gasteiger partial charge in [0.25, 0.3) is 0 Å². The van der Waals surface area contributed by atoms with Crippen LogP contribution in [0.2, 0.25) is 0 Å². The second kappa shape index (κ2) is 3.70. The van der Waals surface area contributed by atoms with Gasteiger partial charge in [-0.25, -0.2) is 0 Å². The van der Waals surface area contributed by atoms with Gasteiger partial charge in [0.05, 0.1) is 12.5 Å². The van der Waals surface area contributed by atoms with Crippen molar-refractivity contribution in [2.24, 2.45) is 11.7 Å². The van der Waals surface area contributed by atoms with Crippen molar-refractivity contribution in [1.82, 2.24) is 4.90 Å². The van der Waals surface area contributed by atoms with Crippen molar-refractivity contribution >= 4 is 0 Å². The third-order valence-corrected chi connectivity index (χ3v) is 2.36. The Bertz CT molecular complexity index is 161. The van der Waals surface area contributed by atoms with Gasteiger partial charge in [0.15, 0.2) is 0 Å². The maximum Gasteiger partial charge on any atom is 0.0638 e. The number of hydrogen-bond acceptors (Lipinski definition) is 3. The van der Waals surface area contributed by atoms with E-state index in [0.29, 0.717) is 12.3 Å². The first-order chi connectivity index (χ1) is 5.24. The molecule has 1 saturated heterocycles. The van der Waals surface area contributed by atoms with Crippen LogP contribution in [-0.4, -0.2) is 31.1 Å². The van der Waals surface area contributed by atoms with E-state index >= 15 is 0 Å². The lowest BCUT2D eigenvalue weighted by atomic mass is 9.98. The van der Waals surface area contributed by atoms with E-state index in [1.807, 2.05) is 0 Å². The van der Waals surface area contributed by atoms with Crippen LogP contribution in [0.25, 0.3) is 0 Å². The number of nitrogens with zero attached hydrogens (tertiary/aromatic N) is 2. The average Bonchev–Trinajstić information content (AvgIpc) is 2.36. The normalized spacial score (nSPS) is 28.3. The molecule has 0 radical (unpaired) electrons. The summed E-state index contributed by atoms with van der Waals surface area (Å²) in [6, 6.07) is 2.20. The van der Waals surface area contributed by atoms with Crippen LogP contribution in [0.3, 0.4) is 0 Å². The van der Waals surface area contributed by atoms with Crippen molar-refractivity contribution in [3.8, 4) is 6.07 Å². The molecule has 1 aliphatic heterocycles. The van der Waals surface area contributed by atoms with Crippen molar-refractivity contribution in [2.75, 3.05) is 20.1 Å². The van der Waals surface area contributed by atoms with Gasteiger partial charge >= 0.3 is 0 Å². The fourth-order valence-electron chi connectivity index (χ4n) is 1.59. The van der Waals surface area contributed by atoms with Gasteiger partial charge in [-0.2, -0.15) is 5.26 Å². The maximum absolute atomic E-state index is 8.42. The molecule has 2 N–H and O–H groups in total. The fraction of sp³-hybridized carbons (Fsp3) is 0.875. The van der Waals surface area contributed by atoms with Gasteiger partial charge in [-0.1, -0.05) is 0 Å². The van der Waals surface area contributed by atoms with Crippen molar-refractivity contribution in [1.29, 1.82) is 5.26 Å². The summed E-state index contributed by atoms with van der Waals surface area (Å²) in [5.74, 6) is 0.541. The summed E-state index contributed by atoms with van der Waals surface area (Å²) in [6.45, 7) is 2.19. The third kappa shape index (κ3) is 2.18. The van der Waals surface area contributed by atoms with Crippen LogP contribution in [0.15, 0.2) is 0 Å². The number of nitrogens with two attached hydrogens (primary N) is 1. The standard InChI is InChI=1S/C8H15N3/c1-11-5-3-7(6-11)8(10)2-4-9/h7-8H,2-3,5-6,10H2,1H3/t7-,8+/m1/s1. The fourth-order valence-corrected chi connectivity index (χ4v) is 1.59. The second-order valence-electron chi connectivity index (χ2n) is 3.34. The highest BCUT2D eigenvalue weighted by atomic mass is 15.1. The molecule has 0 amide bonds. The lowest BCUT2D eigenvalue weighted by molar-refractivity contribution is 0.371. The lowest BCUT2D eigenvalue weighted by Crippen LogP contribution is -2.31. The quantitative estimate of drug-likeness (QED) is 0.615. The molecule has 3 heteroatoms. The Kier molecular flexibility index (Phi) is 2.86. The number of rotatable bonds is 2. The molecule has 0 saturated carbocycles. The molecule has 1 fully saturated rings. The van der Waals surface area contributed by atoms with Crippen LogP contribution in [0.1, 0.15) is 12.8 Å². The summed E-state index contributed by atoms with van der Waals surface area (Å²) in [7, 11) is 2.10. The Morgan fingerprint density at radius 3 is 3.00 bits per heavy atom. The number of likely N-dealkylation sites (tertiary alicyclic amines) is 1. The largest absolute Gasteiger partial charge is 0.326 e. The van der Waals surface area contributed by atoms with E-state index in [9.17, 15) is 0 Å². The molecular formula is C8H15N3. The van der Waals surface area contributed by atoms with Crippen LogP contribution in [-0.2, 0) is 0 Å². The molecule has 11 heavy (non-hydrogen) atoms. The van der Waals surface area contributed by atoms with Gasteiger partial charge in [-0.05, 0) is 25.9 Å². The Balaban J connectivity index is 2.32. The highest BCUT2D eigenvalue weighted by Crippen LogP contribution is 2.18. The van der Waals surface area contributed by atoms with Gasteiger partial charge in [0.1, 0.15) is 0 Å². The first-order valence-electron chi connectivity index (χ1n) is 4.05. The Labute approximate surface area is 67.8 Å². The number of hydrogen-bond donors (Lipinski definition) is 1. The van der Waals surface area contributed by atoms with Crippen molar-refractivity contribution < 1.29 is 0 Å². The van der Waals surface area contributed by atoms with Crippen LogP contribution in [0.4, 0.5) is 0 Å². The molecule has 3 nitrogen and oxygen atoms in total. The summed E-state index contributed by atoms with van der Waals surface area (Å²) >= 11 is 0. The molecule has 0 aliphatic carbocycles.